The van der Waals surface area contributed by atoms with Crippen molar-refractivity contribution in [3.8, 4) is 28.3 Å². The minimum absolute atomic E-state index is 0.175. The van der Waals surface area contributed by atoms with Crippen LogP contribution in [0.1, 0.15) is 21.5 Å². The van der Waals surface area contributed by atoms with Crippen LogP contribution in [-0.2, 0) is 6.42 Å². The number of nitrogens with two attached hydrogens (primary N) is 1. The number of carbonyl (C=O) groups excluding carboxylic acids is 1. The topological polar surface area (TPSA) is 76.2 Å². The van der Waals surface area contributed by atoms with Gasteiger partial charge in [0.2, 0.25) is 5.91 Å². The second kappa shape index (κ2) is 4.95. The molecule has 1 aliphatic rings. The number of carbonyl (C=O) groups is 1. The molecule has 112 valence electrons. The lowest BCUT2D eigenvalue weighted by molar-refractivity contribution is 0.0999. The fraction of sp³-hybridized carbons (Fsp3) is 0.0526. The summed E-state index contributed by atoms with van der Waals surface area (Å²) < 4.78 is 0. The molecule has 0 saturated carbocycles. The molecule has 4 nitrogen and oxygen atoms in total. The SMILES string of the molecule is NC(=O)c1cc(-c2ccccc2)nc2c1Cc1cccc(O)c1-2. The summed E-state index contributed by atoms with van der Waals surface area (Å²) in [6, 6.07) is 16.7. The van der Waals surface area contributed by atoms with E-state index in [2.05, 4.69) is 0 Å². The number of nitrogens with zero attached hydrogens (tertiary/aromatic N) is 1. The van der Waals surface area contributed by atoms with Gasteiger partial charge in [-0.3, -0.25) is 4.79 Å². The minimum atomic E-state index is -0.479. The summed E-state index contributed by atoms with van der Waals surface area (Å²) in [6.07, 6.45) is 0.555. The lowest BCUT2D eigenvalue weighted by atomic mass is 10.0. The Labute approximate surface area is 133 Å². The summed E-state index contributed by atoms with van der Waals surface area (Å²) in [6.45, 7) is 0. The molecular formula is C19H14N2O2. The normalized spacial score (nSPS) is 11.8. The van der Waals surface area contributed by atoms with Crippen LogP contribution in [0.15, 0.2) is 54.6 Å². The molecule has 1 aromatic heterocycles. The third kappa shape index (κ3) is 2.07. The number of phenols is 1. The number of phenolic OH excluding ortho intramolecular Hbond substituents is 1. The van der Waals surface area contributed by atoms with Crippen LogP contribution in [-0.4, -0.2) is 16.0 Å². The van der Waals surface area contributed by atoms with E-state index in [1.54, 1.807) is 18.2 Å². The predicted molar refractivity (Wildman–Crippen MR) is 88.1 cm³/mol. The number of amides is 1. The summed E-state index contributed by atoms with van der Waals surface area (Å²) in [5, 5.41) is 10.2. The maximum Gasteiger partial charge on any atom is 0.249 e. The average Bonchev–Trinajstić information content (AvgIpc) is 2.94. The summed E-state index contributed by atoms with van der Waals surface area (Å²) in [5.74, 6) is -0.303. The van der Waals surface area contributed by atoms with Gasteiger partial charge in [-0.2, -0.15) is 0 Å². The Morgan fingerprint density at radius 3 is 2.61 bits per heavy atom. The van der Waals surface area contributed by atoms with E-state index in [0.717, 1.165) is 16.7 Å². The number of pyridine rings is 1. The maximum atomic E-state index is 11.9. The second-order valence-electron chi connectivity index (χ2n) is 5.60. The van der Waals surface area contributed by atoms with Crippen molar-refractivity contribution in [3.05, 3.63) is 71.3 Å². The highest BCUT2D eigenvalue weighted by atomic mass is 16.3. The number of fused-ring (bicyclic) bond motifs is 3. The van der Waals surface area contributed by atoms with E-state index in [1.165, 1.54) is 0 Å². The van der Waals surface area contributed by atoms with Crippen molar-refractivity contribution in [2.24, 2.45) is 5.73 Å². The first-order valence-corrected chi connectivity index (χ1v) is 7.35. The van der Waals surface area contributed by atoms with E-state index in [9.17, 15) is 9.90 Å². The highest BCUT2D eigenvalue weighted by molar-refractivity contribution is 5.99. The van der Waals surface area contributed by atoms with Crippen LogP contribution in [0, 0.1) is 0 Å². The maximum absolute atomic E-state index is 11.9. The van der Waals surface area contributed by atoms with Crippen molar-refractivity contribution < 1.29 is 9.90 Å². The second-order valence-corrected chi connectivity index (χ2v) is 5.60. The highest BCUT2D eigenvalue weighted by Crippen LogP contribution is 2.43. The molecule has 0 spiro atoms. The van der Waals surface area contributed by atoms with Crippen LogP contribution in [0.3, 0.4) is 0 Å². The molecule has 1 amide bonds. The van der Waals surface area contributed by atoms with Gasteiger partial charge in [0, 0.05) is 23.1 Å². The standard InChI is InChI=1S/C19H14N2O2/c20-19(23)14-10-15(11-5-2-1-3-6-11)21-18-13(14)9-12-7-4-8-16(22)17(12)18/h1-8,10,22H,9H2,(H2,20,23). The summed E-state index contributed by atoms with van der Waals surface area (Å²) >= 11 is 0. The first-order chi connectivity index (χ1) is 11.1. The van der Waals surface area contributed by atoms with Crippen molar-refractivity contribution in [1.29, 1.82) is 0 Å². The number of aromatic nitrogens is 1. The third-order valence-electron chi connectivity index (χ3n) is 4.19. The molecule has 4 rings (SSSR count). The number of hydrogen-bond donors (Lipinski definition) is 2. The number of primary amides is 1. The van der Waals surface area contributed by atoms with Gasteiger partial charge in [0.25, 0.3) is 0 Å². The van der Waals surface area contributed by atoms with Crippen LogP contribution in [0.25, 0.3) is 22.5 Å². The Morgan fingerprint density at radius 2 is 1.87 bits per heavy atom. The predicted octanol–water partition coefficient (Wildman–Crippen LogP) is 3.12. The zero-order chi connectivity index (χ0) is 16.0. The molecule has 23 heavy (non-hydrogen) atoms. The molecule has 0 aliphatic heterocycles. The van der Waals surface area contributed by atoms with Gasteiger partial charge >= 0.3 is 0 Å². The largest absolute Gasteiger partial charge is 0.507 e. The van der Waals surface area contributed by atoms with E-state index in [0.29, 0.717) is 28.9 Å². The number of hydrogen-bond acceptors (Lipinski definition) is 3. The van der Waals surface area contributed by atoms with Crippen molar-refractivity contribution in [1.82, 2.24) is 4.98 Å². The Bertz CT molecular complexity index is 934. The van der Waals surface area contributed by atoms with Gasteiger partial charge in [0.05, 0.1) is 11.4 Å². The van der Waals surface area contributed by atoms with Crippen molar-refractivity contribution in [3.63, 3.8) is 0 Å². The van der Waals surface area contributed by atoms with Crippen molar-refractivity contribution in [2.75, 3.05) is 0 Å². The van der Waals surface area contributed by atoms with Crippen LogP contribution in [0.5, 0.6) is 5.75 Å². The highest BCUT2D eigenvalue weighted by Gasteiger charge is 2.27. The van der Waals surface area contributed by atoms with Gasteiger partial charge in [0.1, 0.15) is 5.75 Å². The molecule has 3 N–H and O–H groups in total. The molecule has 0 saturated heterocycles. The molecule has 4 heteroatoms. The molecule has 1 heterocycles. The zero-order valence-corrected chi connectivity index (χ0v) is 12.3. The first kappa shape index (κ1) is 13.5. The van der Waals surface area contributed by atoms with E-state index < -0.39 is 5.91 Å². The van der Waals surface area contributed by atoms with Crippen molar-refractivity contribution in [2.45, 2.75) is 6.42 Å². The van der Waals surface area contributed by atoms with Crippen LogP contribution < -0.4 is 5.73 Å². The Hall–Kier alpha value is -3.14. The fourth-order valence-corrected chi connectivity index (χ4v) is 3.13. The van der Waals surface area contributed by atoms with Gasteiger partial charge < -0.3 is 10.8 Å². The molecule has 0 atom stereocenters. The molecule has 2 aromatic carbocycles. The van der Waals surface area contributed by atoms with Gasteiger partial charge in [-0.25, -0.2) is 4.98 Å². The monoisotopic (exact) mass is 302 g/mol. The Morgan fingerprint density at radius 1 is 1.09 bits per heavy atom. The van der Waals surface area contributed by atoms with E-state index in [4.69, 9.17) is 10.7 Å². The lowest BCUT2D eigenvalue weighted by Crippen LogP contribution is -2.14. The Balaban J connectivity index is 2.02. The molecular weight excluding hydrogens is 288 g/mol. The van der Waals surface area contributed by atoms with Crippen molar-refractivity contribution >= 4 is 5.91 Å². The minimum Gasteiger partial charge on any atom is -0.507 e. The van der Waals surface area contributed by atoms with Crippen LogP contribution in [0.4, 0.5) is 0 Å². The zero-order valence-electron chi connectivity index (χ0n) is 12.3. The third-order valence-corrected chi connectivity index (χ3v) is 4.19. The van der Waals surface area contributed by atoms with E-state index in [1.807, 2.05) is 36.4 Å². The molecule has 0 unspecified atom stereocenters. The molecule has 0 fully saturated rings. The molecule has 0 radical (unpaired) electrons. The van der Waals surface area contributed by atoms with E-state index >= 15 is 0 Å². The number of benzene rings is 2. The molecule has 0 bridgehead atoms. The smallest absolute Gasteiger partial charge is 0.249 e. The van der Waals surface area contributed by atoms with Gasteiger partial charge in [-0.15, -0.1) is 0 Å². The van der Waals surface area contributed by atoms with Crippen LogP contribution in [0.2, 0.25) is 0 Å². The number of rotatable bonds is 2. The summed E-state index contributed by atoms with van der Waals surface area (Å²) in [7, 11) is 0. The van der Waals surface area contributed by atoms with Gasteiger partial charge in [-0.05, 0) is 23.3 Å². The van der Waals surface area contributed by atoms with Gasteiger partial charge in [0.15, 0.2) is 0 Å². The summed E-state index contributed by atoms with van der Waals surface area (Å²) in [4.78, 5) is 16.6. The fourth-order valence-electron chi connectivity index (χ4n) is 3.13. The summed E-state index contributed by atoms with van der Waals surface area (Å²) in [5.41, 5.74) is 10.7. The first-order valence-electron chi connectivity index (χ1n) is 7.35. The quantitative estimate of drug-likeness (QED) is 0.597. The van der Waals surface area contributed by atoms with Crippen LogP contribution >= 0.6 is 0 Å². The average molecular weight is 302 g/mol. The lowest BCUT2D eigenvalue weighted by Gasteiger charge is -2.10. The van der Waals surface area contributed by atoms with E-state index in [-0.39, 0.29) is 5.75 Å². The van der Waals surface area contributed by atoms with Gasteiger partial charge in [-0.1, -0.05) is 42.5 Å². The Kier molecular flexibility index (Phi) is 2.91. The number of aromatic hydroxyl groups is 1. The molecule has 1 aliphatic carbocycles. The molecule has 3 aromatic rings.